The minimum atomic E-state index is -0.547. The van der Waals surface area contributed by atoms with Gasteiger partial charge in [-0.15, -0.1) is 0 Å². The maximum absolute atomic E-state index is 11.1. The average molecular weight is 996 g/mol. The molecule has 4 saturated carbocycles. The zero-order valence-corrected chi connectivity index (χ0v) is 45.5. The number of aliphatic hydroxyl groups excluding tert-OH is 2. The molecule has 9 unspecified atom stereocenters. The van der Waals surface area contributed by atoms with E-state index in [0.29, 0.717) is 87.3 Å². The van der Waals surface area contributed by atoms with Crippen molar-refractivity contribution in [3.8, 4) is 0 Å². The van der Waals surface area contributed by atoms with Crippen molar-refractivity contribution in [1.29, 1.82) is 0 Å². The Morgan fingerprint density at radius 1 is 0.514 bits per heavy atom. The Bertz CT molecular complexity index is 1390. The minimum absolute atomic E-state index is 0.0736. The Balaban J connectivity index is 0.809. The summed E-state index contributed by atoms with van der Waals surface area (Å²) in [7, 11) is 0. The van der Waals surface area contributed by atoms with E-state index in [1.807, 2.05) is 0 Å². The van der Waals surface area contributed by atoms with Crippen molar-refractivity contribution in [3.05, 3.63) is 0 Å². The van der Waals surface area contributed by atoms with Crippen molar-refractivity contribution in [2.24, 2.45) is 35.3 Å². The van der Waals surface area contributed by atoms with E-state index < -0.39 is 12.2 Å². The third-order valence-electron chi connectivity index (χ3n) is 17.9. The number of hydrogen-bond acceptors (Lipinski definition) is 13. The monoisotopic (exact) mass is 996 g/mol. The number of nitrogens with two attached hydrogens (primary N) is 1. The molecule has 6 fully saturated rings. The van der Waals surface area contributed by atoms with Crippen molar-refractivity contribution in [1.82, 2.24) is 0 Å². The van der Waals surface area contributed by atoms with Gasteiger partial charge in [-0.05, 0) is 166 Å². The molecule has 0 radical (unpaired) electrons. The van der Waals surface area contributed by atoms with E-state index in [9.17, 15) is 10.2 Å². The van der Waals surface area contributed by atoms with E-state index in [1.54, 1.807) is 0 Å². The molecule has 2 heterocycles. The molecule has 0 spiro atoms. The van der Waals surface area contributed by atoms with Gasteiger partial charge in [0.1, 0.15) is 12.2 Å². The molecule has 0 aromatic heterocycles. The van der Waals surface area contributed by atoms with Gasteiger partial charge in [0, 0.05) is 31.9 Å². The summed E-state index contributed by atoms with van der Waals surface area (Å²) in [5.41, 5.74) is 5.39. The van der Waals surface area contributed by atoms with Gasteiger partial charge in [0.05, 0.1) is 119 Å². The van der Waals surface area contributed by atoms with Crippen LogP contribution in [0.4, 0.5) is 0 Å². The van der Waals surface area contributed by atoms with Crippen LogP contribution in [0.15, 0.2) is 0 Å². The van der Waals surface area contributed by atoms with Crippen LogP contribution in [-0.4, -0.2) is 155 Å². The highest BCUT2D eigenvalue weighted by Gasteiger charge is 2.39. The lowest BCUT2D eigenvalue weighted by Gasteiger charge is -2.41. The van der Waals surface area contributed by atoms with Crippen molar-refractivity contribution in [2.75, 3.05) is 72.6 Å². The molecular formula is C57H105NO12. The molecule has 0 aromatic rings. The summed E-state index contributed by atoms with van der Waals surface area (Å²) in [5, 5.41) is 22.2. The van der Waals surface area contributed by atoms with Crippen LogP contribution >= 0.6 is 0 Å². The number of epoxide rings is 2. The molecule has 2 saturated heterocycles. The first-order valence-corrected chi connectivity index (χ1v) is 29.0. The lowest BCUT2D eigenvalue weighted by Crippen LogP contribution is -2.47. The van der Waals surface area contributed by atoms with Crippen LogP contribution in [0.3, 0.4) is 0 Å². The van der Waals surface area contributed by atoms with Crippen molar-refractivity contribution >= 4 is 0 Å². The van der Waals surface area contributed by atoms with Crippen LogP contribution in [0.1, 0.15) is 190 Å². The Kier molecular flexibility index (Phi) is 24.9. The number of rotatable bonds is 35. The molecule has 0 aromatic carbocycles. The van der Waals surface area contributed by atoms with Crippen LogP contribution in [0.2, 0.25) is 0 Å². The summed E-state index contributed by atoms with van der Waals surface area (Å²) in [6.45, 7) is 22.7. The summed E-state index contributed by atoms with van der Waals surface area (Å²) < 4.78 is 61.9. The molecule has 13 heteroatoms. The van der Waals surface area contributed by atoms with Gasteiger partial charge in [0.25, 0.3) is 0 Å². The molecular weight excluding hydrogens is 891 g/mol. The first kappa shape index (κ1) is 58.7. The van der Waals surface area contributed by atoms with Gasteiger partial charge in [-0.25, -0.2) is 0 Å². The highest BCUT2D eigenvalue weighted by molar-refractivity contribution is 4.89. The molecule has 6 aliphatic rings. The molecule has 13 nitrogen and oxygen atoms in total. The first-order valence-electron chi connectivity index (χ1n) is 29.0. The molecule has 4 N–H and O–H groups in total. The van der Waals surface area contributed by atoms with Gasteiger partial charge in [0.2, 0.25) is 0 Å². The smallest absolute Gasteiger partial charge is 0.104 e. The fourth-order valence-corrected chi connectivity index (χ4v) is 11.8. The summed E-state index contributed by atoms with van der Waals surface area (Å²) in [4.78, 5) is 0. The zero-order valence-electron chi connectivity index (χ0n) is 45.5. The predicted octanol–water partition coefficient (Wildman–Crippen LogP) is 9.51. The fraction of sp³-hybridized carbons (Fsp3) is 1.00. The molecule has 410 valence electrons. The number of aliphatic hydroxyl groups is 2. The van der Waals surface area contributed by atoms with Crippen molar-refractivity contribution < 1.29 is 57.6 Å². The van der Waals surface area contributed by atoms with E-state index in [-0.39, 0.29) is 41.0 Å². The average Bonchev–Trinajstić information content (AvgIpc) is 4.33. The summed E-state index contributed by atoms with van der Waals surface area (Å²) in [5.74, 6) is 2.23. The van der Waals surface area contributed by atoms with Gasteiger partial charge in [0.15, 0.2) is 0 Å². The second-order valence-electron chi connectivity index (χ2n) is 24.0. The molecule has 9 atom stereocenters. The standard InChI is InChI=1S/C57H105NO12/c1-8-27-57(7,70-34-45-17-21-49(22-18-45)62-36-47(60)29-56(6,10-3)69-33-44-15-25-51(26-16-44)64-38-53-40-66-53)41(4)54(30-58)67-31-42-11-19-48(20-12-42)61-35-46(59)28-55(5,9-2)68-32-43-13-23-50(24-14-43)63-37-52-39-65-52/h41-54,59-60H,8-40,58H2,1-7H3. The number of ether oxygens (including phenoxy) is 10. The molecule has 0 amide bonds. The summed E-state index contributed by atoms with van der Waals surface area (Å²) >= 11 is 0. The molecule has 6 rings (SSSR count). The maximum atomic E-state index is 11.1. The Labute approximate surface area is 425 Å². The van der Waals surface area contributed by atoms with E-state index in [1.165, 1.54) is 0 Å². The normalized spacial score (nSPS) is 33.9. The third kappa shape index (κ3) is 20.5. The Morgan fingerprint density at radius 3 is 1.21 bits per heavy atom. The minimum Gasteiger partial charge on any atom is -0.391 e. The lowest BCUT2D eigenvalue weighted by molar-refractivity contribution is -0.138. The predicted molar refractivity (Wildman–Crippen MR) is 274 cm³/mol. The van der Waals surface area contributed by atoms with Crippen LogP contribution < -0.4 is 5.73 Å². The van der Waals surface area contributed by atoms with E-state index in [0.717, 1.165) is 175 Å². The van der Waals surface area contributed by atoms with E-state index >= 15 is 0 Å². The second-order valence-corrected chi connectivity index (χ2v) is 24.0. The van der Waals surface area contributed by atoms with E-state index in [2.05, 4.69) is 48.5 Å². The Morgan fingerprint density at radius 2 is 0.871 bits per heavy atom. The summed E-state index contributed by atoms with van der Waals surface area (Å²) in [6.07, 6.45) is 22.6. The molecule has 2 aliphatic heterocycles. The van der Waals surface area contributed by atoms with Crippen LogP contribution in [0.25, 0.3) is 0 Å². The SMILES string of the molecule is CCCC(C)(OCC1CCC(OCC(O)CC(C)(CC)OCC2CCC(OCC3CO3)CC2)CC1)C(C)C(CN)OCC1CCC(OCC(O)CC(C)(CC)OCC2CCC(OCC3CO3)CC2)CC1. The quantitative estimate of drug-likeness (QED) is 0.0515. The van der Waals surface area contributed by atoms with Crippen LogP contribution in [0, 0.1) is 29.6 Å². The number of hydrogen-bond donors (Lipinski definition) is 3. The van der Waals surface area contributed by atoms with Gasteiger partial charge >= 0.3 is 0 Å². The first-order chi connectivity index (χ1) is 33.7. The molecule has 4 aliphatic carbocycles. The molecule has 70 heavy (non-hydrogen) atoms. The van der Waals surface area contributed by atoms with Crippen LogP contribution in [0.5, 0.6) is 0 Å². The highest BCUT2D eigenvalue weighted by Crippen LogP contribution is 2.37. The van der Waals surface area contributed by atoms with Gasteiger partial charge in [-0.1, -0.05) is 34.1 Å². The maximum Gasteiger partial charge on any atom is 0.104 e. The van der Waals surface area contributed by atoms with Crippen LogP contribution in [-0.2, 0) is 47.4 Å². The van der Waals surface area contributed by atoms with Gasteiger partial charge in [-0.2, -0.15) is 0 Å². The highest BCUT2D eigenvalue weighted by atomic mass is 16.6. The van der Waals surface area contributed by atoms with Gasteiger partial charge < -0.3 is 63.3 Å². The second kappa shape index (κ2) is 29.7. The van der Waals surface area contributed by atoms with Gasteiger partial charge in [-0.3, -0.25) is 0 Å². The Hall–Kier alpha value is -0.520. The zero-order chi connectivity index (χ0) is 50.0. The topological polar surface area (TPSA) is 165 Å². The third-order valence-corrected chi connectivity index (χ3v) is 17.9. The van der Waals surface area contributed by atoms with Crippen molar-refractivity contribution in [3.63, 3.8) is 0 Å². The van der Waals surface area contributed by atoms with Crippen molar-refractivity contribution in [2.45, 2.75) is 261 Å². The largest absolute Gasteiger partial charge is 0.391 e. The van der Waals surface area contributed by atoms with E-state index in [4.69, 9.17) is 53.1 Å². The lowest BCUT2D eigenvalue weighted by atomic mass is 9.81. The molecule has 0 bridgehead atoms. The summed E-state index contributed by atoms with van der Waals surface area (Å²) in [6, 6.07) is 0. The fourth-order valence-electron chi connectivity index (χ4n) is 11.8.